The fourth-order valence-corrected chi connectivity index (χ4v) is 8.62. The highest BCUT2D eigenvalue weighted by atomic mass is 32.2. The Kier molecular flexibility index (Phi) is 17.8. The zero-order chi connectivity index (χ0) is 33.4. The lowest BCUT2D eigenvalue weighted by Gasteiger charge is -2.16. The lowest BCUT2D eigenvalue weighted by molar-refractivity contribution is -0.138. The number of hydrogen-bond acceptors (Lipinski definition) is 11. The normalized spacial score (nSPS) is 29.6. The summed E-state index contributed by atoms with van der Waals surface area (Å²) in [5.74, 6) is 0.389. The van der Waals surface area contributed by atoms with Gasteiger partial charge in [0.25, 0.3) is 0 Å². The van der Waals surface area contributed by atoms with Gasteiger partial charge in [-0.2, -0.15) is 23.5 Å². The van der Waals surface area contributed by atoms with Crippen molar-refractivity contribution in [2.24, 2.45) is 22.2 Å². The monoisotopic (exact) mass is 675 g/mol. The van der Waals surface area contributed by atoms with Crippen molar-refractivity contribution >= 4 is 53.4 Å². The van der Waals surface area contributed by atoms with E-state index in [1.54, 1.807) is 0 Å². The minimum Gasteiger partial charge on any atom is -0.481 e. The van der Waals surface area contributed by atoms with Crippen LogP contribution in [0.5, 0.6) is 0 Å². The molecule has 0 aromatic carbocycles. The van der Waals surface area contributed by atoms with E-state index in [-0.39, 0.29) is 49.5 Å². The molecule has 14 nitrogen and oxygen atoms in total. The second kappa shape index (κ2) is 20.6. The second-order valence-corrected chi connectivity index (χ2v) is 14.6. The predicted octanol–water partition coefficient (Wildman–Crippen LogP) is 1.89. The van der Waals surface area contributed by atoms with E-state index in [2.05, 4.69) is 20.9 Å². The maximum Gasteiger partial charge on any atom is 0.315 e. The topological polar surface area (TPSA) is 255 Å². The van der Waals surface area contributed by atoms with Crippen LogP contribution in [0.2, 0.25) is 0 Å². The van der Waals surface area contributed by atoms with Crippen LogP contribution >= 0.6 is 23.5 Å². The first-order valence-electron chi connectivity index (χ1n) is 15.9. The van der Waals surface area contributed by atoms with E-state index < -0.39 is 17.9 Å². The quantitative estimate of drug-likeness (QED) is 0.106. The van der Waals surface area contributed by atoms with Gasteiger partial charge >= 0.3 is 23.9 Å². The number of aliphatic imine (C=N–C) groups is 1. The van der Waals surface area contributed by atoms with Gasteiger partial charge in [-0.1, -0.05) is 25.7 Å². The zero-order valence-corrected chi connectivity index (χ0v) is 27.8. The molecule has 0 saturated carbocycles. The molecule has 8 atom stereocenters. The molecule has 0 radical (unpaired) electrons. The molecule has 4 aliphatic rings. The van der Waals surface area contributed by atoms with Gasteiger partial charge in [-0.25, -0.2) is 9.79 Å². The summed E-state index contributed by atoms with van der Waals surface area (Å²) in [5, 5.41) is 35.1. The number of carboxylic acid groups (broad SMARTS) is 3. The molecule has 4 rings (SSSR count). The van der Waals surface area contributed by atoms with Crippen LogP contribution in [-0.4, -0.2) is 103 Å². The van der Waals surface area contributed by atoms with Crippen LogP contribution in [0.1, 0.15) is 90.4 Å². The fourth-order valence-electron chi connectivity index (χ4n) is 5.66. The summed E-state index contributed by atoms with van der Waals surface area (Å²) in [4.78, 5) is 46.2. The number of rotatable bonds is 16. The predicted molar refractivity (Wildman–Crippen MR) is 179 cm³/mol. The smallest absolute Gasteiger partial charge is 0.315 e. The minimum absolute atomic E-state index is 0.0878. The van der Waals surface area contributed by atoms with Gasteiger partial charge in [0.2, 0.25) is 0 Å². The van der Waals surface area contributed by atoms with Gasteiger partial charge < -0.3 is 48.5 Å². The number of nitrogens with zero attached hydrogens (tertiary/aromatic N) is 1. The average Bonchev–Trinajstić information content (AvgIpc) is 3.70. The highest BCUT2D eigenvalue weighted by Gasteiger charge is 2.40. The number of carbonyl (C=O) groups excluding carboxylic acids is 1. The third-order valence-corrected chi connectivity index (χ3v) is 11.3. The van der Waals surface area contributed by atoms with Crippen molar-refractivity contribution in [2.45, 2.75) is 137 Å². The molecule has 45 heavy (non-hydrogen) atoms. The van der Waals surface area contributed by atoms with Gasteiger partial charge in [0.1, 0.15) is 0 Å². The molecule has 12 N–H and O–H groups in total. The molecule has 2 amide bonds. The zero-order valence-electron chi connectivity index (χ0n) is 26.2. The lowest BCUT2D eigenvalue weighted by Crippen LogP contribution is -2.43. The summed E-state index contributed by atoms with van der Waals surface area (Å²) in [5.41, 5.74) is 17.3. The standard InChI is InChI=1S/C10H17N3O2S.C10H18N2O3.C9H18N2O2S/c11-10-12-6-5-16-7(9(6)13-10)3-1-2-4-8(14)15;1-7-8(12-10(15)11-7)5-3-2-4-6-9(13)14;10-6-5-14-7(9(6)11)3-1-2-4-8(12)13/h6-7,9H,1-5H2,(H,14,15)(H3,11,12,13);7-8H,2-6H2,1H3,(H,13,14)(H2,11,12,15);6-7,9H,1-5,10-11H2,(H,12,13). The highest BCUT2D eigenvalue weighted by molar-refractivity contribution is 8.00. The maximum atomic E-state index is 10.9. The Balaban J connectivity index is 0.000000236. The number of hydrogen-bond donors (Lipinski definition) is 9. The molecule has 0 bridgehead atoms. The molecule has 3 saturated heterocycles. The van der Waals surface area contributed by atoms with E-state index in [0.717, 1.165) is 75.7 Å². The molecule has 3 fully saturated rings. The molecular formula is C29H53N7O7S2. The van der Waals surface area contributed by atoms with Crippen LogP contribution in [0.4, 0.5) is 4.79 Å². The summed E-state index contributed by atoms with van der Waals surface area (Å²) in [7, 11) is 0. The molecule has 4 aliphatic heterocycles. The van der Waals surface area contributed by atoms with Gasteiger partial charge in [-0.15, -0.1) is 0 Å². The van der Waals surface area contributed by atoms with Crippen LogP contribution in [-0.2, 0) is 14.4 Å². The molecule has 258 valence electrons. The van der Waals surface area contributed by atoms with Crippen molar-refractivity contribution in [1.29, 1.82) is 0 Å². The number of carboxylic acids is 3. The molecule has 0 spiro atoms. The Labute approximate surface area is 274 Å². The fraction of sp³-hybridized carbons (Fsp3) is 0.828. The summed E-state index contributed by atoms with van der Waals surface area (Å²) in [6.45, 7) is 1.97. The van der Waals surface area contributed by atoms with Crippen LogP contribution in [0.15, 0.2) is 4.99 Å². The number of unbranched alkanes of at least 4 members (excludes halogenated alkanes) is 4. The summed E-state index contributed by atoms with van der Waals surface area (Å²) in [6.07, 6.45) is 9.72. The number of nitrogens with two attached hydrogens (primary N) is 3. The number of guanidine groups is 1. The van der Waals surface area contributed by atoms with Crippen LogP contribution in [0.25, 0.3) is 0 Å². The maximum absolute atomic E-state index is 10.9. The van der Waals surface area contributed by atoms with Gasteiger partial charge in [-0.3, -0.25) is 14.4 Å². The van der Waals surface area contributed by atoms with Crippen molar-refractivity contribution in [1.82, 2.24) is 16.0 Å². The highest BCUT2D eigenvalue weighted by Crippen LogP contribution is 2.35. The first kappa shape index (κ1) is 38.8. The van der Waals surface area contributed by atoms with E-state index in [4.69, 9.17) is 32.5 Å². The van der Waals surface area contributed by atoms with E-state index in [9.17, 15) is 19.2 Å². The van der Waals surface area contributed by atoms with E-state index in [0.29, 0.717) is 28.5 Å². The molecule has 0 aromatic heterocycles. The van der Waals surface area contributed by atoms with E-state index >= 15 is 0 Å². The molecule has 8 unspecified atom stereocenters. The number of urea groups is 1. The Morgan fingerprint density at radius 3 is 1.82 bits per heavy atom. The van der Waals surface area contributed by atoms with Crippen molar-refractivity contribution in [2.75, 3.05) is 11.5 Å². The van der Waals surface area contributed by atoms with Gasteiger partial charge in [0, 0.05) is 59.4 Å². The molecule has 0 aromatic rings. The molecular weight excluding hydrogens is 622 g/mol. The lowest BCUT2D eigenvalue weighted by atomic mass is 10.0. The first-order chi connectivity index (χ1) is 21.4. The van der Waals surface area contributed by atoms with Crippen molar-refractivity contribution < 1.29 is 34.5 Å². The first-order valence-corrected chi connectivity index (χ1v) is 18.0. The molecule has 4 heterocycles. The number of thioether (sulfide) groups is 2. The summed E-state index contributed by atoms with van der Waals surface area (Å²) in [6, 6.07) is 1.18. The summed E-state index contributed by atoms with van der Waals surface area (Å²) < 4.78 is 0. The number of fused-ring (bicyclic) bond motifs is 1. The van der Waals surface area contributed by atoms with Gasteiger partial charge in [0.05, 0.1) is 18.1 Å². The number of amides is 2. The van der Waals surface area contributed by atoms with Gasteiger partial charge in [-0.05, 0) is 45.4 Å². The SMILES string of the molecule is CC1NC(=O)NC1CCCCCC(=O)O.NC1=NC2C(CSC2CCCCC(=O)O)N1.NC1CSC(CCCCC(=O)O)C1N. The molecule has 0 aliphatic carbocycles. The Bertz CT molecular complexity index is 993. The number of aliphatic carboxylic acids is 3. The number of carbonyl (C=O) groups is 4. The Morgan fingerprint density at radius 1 is 0.778 bits per heavy atom. The molecule has 16 heteroatoms. The Morgan fingerprint density at radius 2 is 1.31 bits per heavy atom. The van der Waals surface area contributed by atoms with Crippen molar-refractivity contribution in [3.63, 3.8) is 0 Å². The van der Waals surface area contributed by atoms with Crippen molar-refractivity contribution in [3.8, 4) is 0 Å². The van der Waals surface area contributed by atoms with Gasteiger partial charge in [0.15, 0.2) is 5.96 Å². The minimum atomic E-state index is -0.737. The van der Waals surface area contributed by atoms with Crippen molar-refractivity contribution in [3.05, 3.63) is 0 Å². The van der Waals surface area contributed by atoms with E-state index in [1.807, 2.05) is 30.4 Å². The average molecular weight is 676 g/mol. The van der Waals surface area contributed by atoms with Crippen LogP contribution in [0, 0.1) is 0 Å². The third kappa shape index (κ3) is 15.1. The summed E-state index contributed by atoms with van der Waals surface area (Å²) >= 11 is 3.74. The second-order valence-electron chi connectivity index (χ2n) is 12.0. The van der Waals surface area contributed by atoms with Crippen LogP contribution in [0.3, 0.4) is 0 Å². The van der Waals surface area contributed by atoms with Crippen LogP contribution < -0.4 is 33.2 Å². The Hall–Kier alpha value is -2.43. The third-order valence-electron chi connectivity index (χ3n) is 8.27. The number of nitrogens with one attached hydrogen (secondary N) is 3. The largest absolute Gasteiger partial charge is 0.481 e. The van der Waals surface area contributed by atoms with E-state index in [1.165, 1.54) is 0 Å².